The van der Waals surface area contributed by atoms with E-state index in [1.807, 2.05) is 0 Å². The van der Waals surface area contributed by atoms with Gasteiger partial charge in [0.05, 0.1) is 30.2 Å². The van der Waals surface area contributed by atoms with E-state index in [9.17, 15) is 13.6 Å². The second kappa shape index (κ2) is 7.60. The van der Waals surface area contributed by atoms with Crippen molar-refractivity contribution < 1.29 is 18.3 Å². The fraction of sp³-hybridized carbons (Fsp3) is 0.0526. The van der Waals surface area contributed by atoms with Crippen molar-refractivity contribution in [2.45, 2.75) is 0 Å². The van der Waals surface area contributed by atoms with E-state index in [0.717, 1.165) is 12.1 Å². The molecule has 0 saturated carbocycles. The van der Waals surface area contributed by atoms with E-state index >= 15 is 0 Å². The summed E-state index contributed by atoms with van der Waals surface area (Å²) in [5.74, 6) is -0.904. The van der Waals surface area contributed by atoms with Crippen molar-refractivity contribution in [3.8, 4) is 5.75 Å². The van der Waals surface area contributed by atoms with E-state index in [1.54, 1.807) is 36.4 Å². The summed E-state index contributed by atoms with van der Waals surface area (Å²) in [7, 11) is 1.49. The first kappa shape index (κ1) is 17.3. The Kier molecular flexibility index (Phi) is 5.07. The lowest BCUT2D eigenvalue weighted by atomic mass is 10.2. The summed E-state index contributed by atoms with van der Waals surface area (Å²) in [5, 5.41) is 5.45. The molecule has 1 heterocycles. The standard InChI is InChI=1S/C19H15F2N3O2/c1-26-17-5-3-2-4-14(17)19(25)23-13-7-9-18(22-11-13)24-16-8-6-12(20)10-15(16)21/h2-11H,1H3,(H,22,24)(H,23,25). The minimum Gasteiger partial charge on any atom is -0.496 e. The van der Waals surface area contributed by atoms with Gasteiger partial charge in [0.1, 0.15) is 23.2 Å². The highest BCUT2D eigenvalue weighted by molar-refractivity contribution is 6.06. The molecule has 1 amide bonds. The summed E-state index contributed by atoms with van der Waals surface area (Å²) in [6.45, 7) is 0. The summed E-state index contributed by atoms with van der Waals surface area (Å²) in [4.78, 5) is 16.4. The van der Waals surface area contributed by atoms with Gasteiger partial charge in [-0.2, -0.15) is 0 Å². The number of pyridine rings is 1. The molecular formula is C19H15F2N3O2. The number of carbonyl (C=O) groups is 1. The van der Waals surface area contributed by atoms with Crippen LogP contribution in [-0.4, -0.2) is 18.0 Å². The van der Waals surface area contributed by atoms with Gasteiger partial charge in [-0.15, -0.1) is 0 Å². The number of anilines is 3. The number of halogens is 2. The fourth-order valence-electron chi connectivity index (χ4n) is 2.30. The van der Waals surface area contributed by atoms with Crippen molar-refractivity contribution in [2.24, 2.45) is 0 Å². The van der Waals surface area contributed by atoms with Crippen LogP contribution in [0.2, 0.25) is 0 Å². The number of carbonyl (C=O) groups excluding carboxylic acids is 1. The van der Waals surface area contributed by atoms with Crippen LogP contribution in [0.15, 0.2) is 60.8 Å². The normalized spacial score (nSPS) is 10.3. The molecule has 132 valence electrons. The molecule has 0 aliphatic rings. The summed E-state index contributed by atoms with van der Waals surface area (Å²) in [5.41, 5.74) is 0.960. The minimum absolute atomic E-state index is 0.102. The van der Waals surface area contributed by atoms with Crippen LogP contribution < -0.4 is 15.4 Å². The van der Waals surface area contributed by atoms with E-state index in [2.05, 4.69) is 15.6 Å². The summed E-state index contributed by atoms with van der Waals surface area (Å²) < 4.78 is 31.7. The number of para-hydroxylation sites is 1. The Morgan fingerprint density at radius 2 is 1.88 bits per heavy atom. The summed E-state index contributed by atoms with van der Waals surface area (Å²) in [6.07, 6.45) is 1.43. The van der Waals surface area contributed by atoms with Gasteiger partial charge in [-0.25, -0.2) is 13.8 Å². The van der Waals surface area contributed by atoms with Gasteiger partial charge in [0, 0.05) is 6.07 Å². The lowest BCUT2D eigenvalue weighted by Crippen LogP contribution is -2.13. The molecule has 2 N–H and O–H groups in total. The molecule has 3 aromatic rings. The first-order chi connectivity index (χ1) is 12.6. The Morgan fingerprint density at radius 3 is 2.58 bits per heavy atom. The lowest BCUT2D eigenvalue weighted by Gasteiger charge is -2.10. The van der Waals surface area contributed by atoms with Crippen molar-refractivity contribution in [1.29, 1.82) is 0 Å². The van der Waals surface area contributed by atoms with Gasteiger partial charge in [-0.3, -0.25) is 4.79 Å². The second-order valence-electron chi connectivity index (χ2n) is 5.34. The van der Waals surface area contributed by atoms with Crippen LogP contribution in [0.5, 0.6) is 5.75 Å². The Balaban J connectivity index is 1.70. The Labute approximate surface area is 148 Å². The van der Waals surface area contributed by atoms with Crippen molar-refractivity contribution in [1.82, 2.24) is 4.98 Å². The highest BCUT2D eigenvalue weighted by atomic mass is 19.1. The Hall–Kier alpha value is -3.48. The maximum absolute atomic E-state index is 13.6. The molecule has 0 aliphatic carbocycles. The van der Waals surface area contributed by atoms with Crippen LogP contribution >= 0.6 is 0 Å². The van der Waals surface area contributed by atoms with Crippen molar-refractivity contribution in [2.75, 3.05) is 17.7 Å². The number of ether oxygens (including phenoxy) is 1. The number of nitrogens with one attached hydrogen (secondary N) is 2. The molecule has 0 unspecified atom stereocenters. The van der Waals surface area contributed by atoms with E-state index in [-0.39, 0.29) is 11.6 Å². The SMILES string of the molecule is COc1ccccc1C(=O)Nc1ccc(Nc2ccc(F)cc2F)nc1. The third kappa shape index (κ3) is 3.94. The number of amides is 1. The molecule has 2 aromatic carbocycles. The maximum atomic E-state index is 13.6. The molecule has 1 aromatic heterocycles. The molecule has 26 heavy (non-hydrogen) atoms. The molecule has 0 bridgehead atoms. The monoisotopic (exact) mass is 355 g/mol. The van der Waals surface area contributed by atoms with Gasteiger partial charge in [0.2, 0.25) is 0 Å². The summed E-state index contributed by atoms with van der Waals surface area (Å²) >= 11 is 0. The summed E-state index contributed by atoms with van der Waals surface area (Å²) in [6, 6.07) is 13.2. The van der Waals surface area contributed by atoms with E-state index in [0.29, 0.717) is 22.8 Å². The average molecular weight is 355 g/mol. The van der Waals surface area contributed by atoms with Gasteiger partial charge in [0.25, 0.3) is 5.91 Å². The predicted molar refractivity (Wildman–Crippen MR) is 94.8 cm³/mol. The first-order valence-corrected chi connectivity index (χ1v) is 7.69. The first-order valence-electron chi connectivity index (χ1n) is 7.69. The minimum atomic E-state index is -0.722. The predicted octanol–water partition coefficient (Wildman–Crippen LogP) is 4.36. The van der Waals surface area contributed by atoms with Gasteiger partial charge in [-0.05, 0) is 36.4 Å². The zero-order valence-corrected chi connectivity index (χ0v) is 13.8. The molecule has 0 aliphatic heterocycles. The molecule has 0 atom stereocenters. The van der Waals surface area contributed by atoms with E-state index in [1.165, 1.54) is 19.4 Å². The van der Waals surface area contributed by atoms with Crippen molar-refractivity contribution >= 4 is 23.1 Å². The number of aromatic nitrogens is 1. The number of nitrogens with zero attached hydrogens (tertiary/aromatic N) is 1. The molecule has 0 saturated heterocycles. The van der Waals surface area contributed by atoms with Gasteiger partial charge < -0.3 is 15.4 Å². The van der Waals surface area contributed by atoms with Crippen LogP contribution in [0, 0.1) is 11.6 Å². The fourth-order valence-corrected chi connectivity index (χ4v) is 2.30. The quantitative estimate of drug-likeness (QED) is 0.714. The molecule has 0 spiro atoms. The third-order valence-electron chi connectivity index (χ3n) is 3.57. The lowest BCUT2D eigenvalue weighted by molar-refractivity contribution is 0.102. The highest BCUT2D eigenvalue weighted by Crippen LogP contribution is 2.22. The second-order valence-corrected chi connectivity index (χ2v) is 5.34. The molecule has 3 rings (SSSR count). The zero-order chi connectivity index (χ0) is 18.5. The van der Waals surface area contributed by atoms with Gasteiger partial charge >= 0.3 is 0 Å². The molecule has 7 heteroatoms. The van der Waals surface area contributed by atoms with Crippen LogP contribution in [0.25, 0.3) is 0 Å². The van der Waals surface area contributed by atoms with Crippen molar-refractivity contribution in [3.63, 3.8) is 0 Å². The smallest absolute Gasteiger partial charge is 0.259 e. The molecule has 0 radical (unpaired) electrons. The number of benzene rings is 2. The van der Waals surface area contributed by atoms with Crippen LogP contribution in [-0.2, 0) is 0 Å². The number of hydrogen-bond donors (Lipinski definition) is 2. The largest absolute Gasteiger partial charge is 0.496 e. The van der Waals surface area contributed by atoms with Crippen LogP contribution in [0.4, 0.5) is 26.0 Å². The van der Waals surface area contributed by atoms with E-state index in [4.69, 9.17) is 4.74 Å². The molecule has 5 nitrogen and oxygen atoms in total. The number of hydrogen-bond acceptors (Lipinski definition) is 4. The number of rotatable bonds is 5. The zero-order valence-electron chi connectivity index (χ0n) is 13.8. The maximum Gasteiger partial charge on any atom is 0.259 e. The van der Waals surface area contributed by atoms with Gasteiger partial charge in [-0.1, -0.05) is 12.1 Å². The average Bonchev–Trinajstić information content (AvgIpc) is 2.65. The van der Waals surface area contributed by atoms with Crippen LogP contribution in [0.1, 0.15) is 10.4 Å². The van der Waals surface area contributed by atoms with Crippen molar-refractivity contribution in [3.05, 3.63) is 78.0 Å². The Bertz CT molecular complexity index is 930. The third-order valence-corrected chi connectivity index (χ3v) is 3.57. The Morgan fingerprint density at radius 1 is 1.08 bits per heavy atom. The van der Waals surface area contributed by atoms with Crippen LogP contribution in [0.3, 0.4) is 0 Å². The topological polar surface area (TPSA) is 63.2 Å². The number of methoxy groups -OCH3 is 1. The molecule has 0 fully saturated rings. The highest BCUT2D eigenvalue weighted by Gasteiger charge is 2.12. The van der Waals surface area contributed by atoms with Gasteiger partial charge in [0.15, 0.2) is 0 Å². The van der Waals surface area contributed by atoms with E-state index < -0.39 is 11.6 Å². The molecular weight excluding hydrogens is 340 g/mol.